The van der Waals surface area contributed by atoms with Gasteiger partial charge >= 0.3 is 5.97 Å². The zero-order chi connectivity index (χ0) is 12.5. The van der Waals surface area contributed by atoms with E-state index in [2.05, 4.69) is 20.9 Å². The molecule has 1 saturated heterocycles. The molecule has 1 fully saturated rings. The molecule has 17 heavy (non-hydrogen) atoms. The van der Waals surface area contributed by atoms with Gasteiger partial charge < -0.3 is 10.8 Å². The molecule has 6 heteroatoms. The molecule has 5 nitrogen and oxygen atoms in total. The first-order chi connectivity index (χ1) is 7.99. The highest BCUT2D eigenvalue weighted by molar-refractivity contribution is 9.10. The van der Waals surface area contributed by atoms with Crippen molar-refractivity contribution in [3.8, 4) is 0 Å². The van der Waals surface area contributed by atoms with Crippen LogP contribution in [0.25, 0.3) is 0 Å². The van der Waals surface area contributed by atoms with Gasteiger partial charge in [0.25, 0.3) is 0 Å². The minimum absolute atomic E-state index is 0.375. The third-order valence-corrected chi connectivity index (χ3v) is 3.45. The summed E-state index contributed by atoms with van der Waals surface area (Å²) in [6, 6.07) is 3.84. The van der Waals surface area contributed by atoms with E-state index in [9.17, 15) is 4.79 Å². The van der Waals surface area contributed by atoms with E-state index in [4.69, 9.17) is 10.8 Å². The Kier molecular flexibility index (Phi) is 3.46. The Morgan fingerprint density at radius 3 is 2.94 bits per heavy atom. The van der Waals surface area contributed by atoms with E-state index in [0.29, 0.717) is 26.1 Å². The average molecular weight is 300 g/mol. The van der Waals surface area contributed by atoms with Gasteiger partial charge in [0.1, 0.15) is 5.54 Å². The number of nitrogens with two attached hydrogens (primary N) is 1. The van der Waals surface area contributed by atoms with Crippen molar-refractivity contribution in [2.75, 3.05) is 13.1 Å². The first-order valence-corrected chi connectivity index (χ1v) is 6.14. The lowest BCUT2D eigenvalue weighted by atomic mass is 10.0. The van der Waals surface area contributed by atoms with Crippen LogP contribution in [0.5, 0.6) is 0 Å². The highest BCUT2D eigenvalue weighted by Gasteiger charge is 2.41. The lowest BCUT2D eigenvalue weighted by molar-refractivity contribution is -0.142. The maximum atomic E-state index is 11.0. The maximum Gasteiger partial charge on any atom is 0.325 e. The highest BCUT2D eigenvalue weighted by atomic mass is 79.9. The molecule has 0 radical (unpaired) electrons. The van der Waals surface area contributed by atoms with Crippen molar-refractivity contribution >= 4 is 21.9 Å². The van der Waals surface area contributed by atoms with Gasteiger partial charge in [-0.15, -0.1) is 0 Å². The van der Waals surface area contributed by atoms with Crippen molar-refractivity contribution in [1.29, 1.82) is 0 Å². The van der Waals surface area contributed by atoms with E-state index >= 15 is 0 Å². The number of aromatic nitrogens is 1. The number of rotatable bonds is 3. The summed E-state index contributed by atoms with van der Waals surface area (Å²) < 4.78 is 0.932. The molecule has 0 aliphatic carbocycles. The number of nitrogens with zero attached hydrogens (tertiary/aromatic N) is 2. The van der Waals surface area contributed by atoms with E-state index in [1.54, 1.807) is 6.20 Å². The van der Waals surface area contributed by atoms with Crippen LogP contribution in [0.4, 0.5) is 0 Å². The van der Waals surface area contributed by atoms with Crippen molar-refractivity contribution in [2.24, 2.45) is 5.73 Å². The van der Waals surface area contributed by atoms with Crippen LogP contribution in [0.2, 0.25) is 0 Å². The fraction of sp³-hybridized carbons (Fsp3) is 0.455. The molecule has 0 spiro atoms. The normalized spacial score (nSPS) is 25.1. The van der Waals surface area contributed by atoms with Crippen LogP contribution in [0.15, 0.2) is 22.8 Å². The molecular formula is C11H14BrN3O2. The Labute approximate surface area is 108 Å². The molecule has 1 unspecified atom stereocenters. The summed E-state index contributed by atoms with van der Waals surface area (Å²) in [6.07, 6.45) is 2.22. The minimum Gasteiger partial charge on any atom is -0.480 e. The van der Waals surface area contributed by atoms with Crippen molar-refractivity contribution in [3.63, 3.8) is 0 Å². The van der Waals surface area contributed by atoms with Gasteiger partial charge in [0.05, 0.1) is 5.69 Å². The fourth-order valence-corrected chi connectivity index (χ4v) is 2.19. The number of carboxylic acids is 1. The molecule has 92 valence electrons. The smallest absolute Gasteiger partial charge is 0.325 e. The van der Waals surface area contributed by atoms with E-state index in [0.717, 1.165) is 10.2 Å². The predicted octanol–water partition coefficient (Wildman–Crippen LogP) is 0.832. The lowest BCUT2D eigenvalue weighted by Crippen LogP contribution is -2.50. The summed E-state index contributed by atoms with van der Waals surface area (Å²) in [4.78, 5) is 17.3. The first-order valence-electron chi connectivity index (χ1n) is 5.35. The second-order valence-electron chi connectivity index (χ2n) is 4.39. The number of hydrogen-bond acceptors (Lipinski definition) is 4. The van der Waals surface area contributed by atoms with E-state index in [1.807, 2.05) is 17.0 Å². The molecule has 1 atom stereocenters. The van der Waals surface area contributed by atoms with Crippen molar-refractivity contribution in [2.45, 2.75) is 18.5 Å². The van der Waals surface area contributed by atoms with Gasteiger partial charge in [-0.2, -0.15) is 0 Å². The number of pyridine rings is 1. The Balaban J connectivity index is 1.98. The summed E-state index contributed by atoms with van der Waals surface area (Å²) in [7, 11) is 0. The van der Waals surface area contributed by atoms with E-state index in [-0.39, 0.29) is 0 Å². The van der Waals surface area contributed by atoms with Crippen LogP contribution >= 0.6 is 15.9 Å². The van der Waals surface area contributed by atoms with Gasteiger partial charge in [0, 0.05) is 30.3 Å². The monoisotopic (exact) mass is 299 g/mol. The van der Waals surface area contributed by atoms with Crippen molar-refractivity contribution in [1.82, 2.24) is 9.88 Å². The Morgan fingerprint density at radius 1 is 1.65 bits per heavy atom. The zero-order valence-corrected chi connectivity index (χ0v) is 10.9. The fourth-order valence-electron chi connectivity index (χ4n) is 1.95. The molecule has 1 aliphatic heterocycles. The molecule has 0 bridgehead atoms. The minimum atomic E-state index is -1.10. The quantitative estimate of drug-likeness (QED) is 0.864. The number of halogens is 1. The first kappa shape index (κ1) is 12.5. The molecule has 1 aromatic heterocycles. The standard InChI is InChI=1S/C11H14BrN3O2/c12-8-1-2-9(14-5-8)6-15-4-3-11(13,7-15)10(16)17/h1-2,5H,3-4,6-7,13H2,(H,16,17). The van der Waals surface area contributed by atoms with Gasteiger partial charge in [-0.1, -0.05) is 0 Å². The van der Waals surface area contributed by atoms with Crippen LogP contribution < -0.4 is 5.73 Å². The van der Waals surface area contributed by atoms with Gasteiger partial charge in [0.15, 0.2) is 0 Å². The van der Waals surface area contributed by atoms with Crippen LogP contribution in [0.1, 0.15) is 12.1 Å². The number of carbonyl (C=O) groups is 1. The topological polar surface area (TPSA) is 79.5 Å². The summed E-state index contributed by atoms with van der Waals surface area (Å²) >= 11 is 3.32. The van der Waals surface area contributed by atoms with Gasteiger partial charge in [-0.25, -0.2) is 0 Å². The van der Waals surface area contributed by atoms with Crippen LogP contribution in [-0.4, -0.2) is 39.6 Å². The van der Waals surface area contributed by atoms with Gasteiger partial charge in [-0.3, -0.25) is 14.7 Å². The highest BCUT2D eigenvalue weighted by Crippen LogP contribution is 2.20. The maximum absolute atomic E-state index is 11.0. The van der Waals surface area contributed by atoms with E-state index in [1.165, 1.54) is 0 Å². The Hall–Kier alpha value is -0.980. The molecule has 3 N–H and O–H groups in total. The lowest BCUT2D eigenvalue weighted by Gasteiger charge is -2.19. The molecule has 2 rings (SSSR count). The predicted molar refractivity (Wildman–Crippen MR) is 66.4 cm³/mol. The summed E-state index contributed by atoms with van der Waals surface area (Å²) in [6.45, 7) is 1.71. The molecule has 0 aromatic carbocycles. The molecule has 1 aliphatic rings. The van der Waals surface area contributed by atoms with Crippen LogP contribution in [0.3, 0.4) is 0 Å². The SMILES string of the molecule is NC1(C(=O)O)CCN(Cc2ccc(Br)cn2)C1. The summed E-state index contributed by atoms with van der Waals surface area (Å²) in [5.74, 6) is -0.927. The molecule has 2 heterocycles. The van der Waals surface area contributed by atoms with E-state index < -0.39 is 11.5 Å². The van der Waals surface area contributed by atoms with Gasteiger partial charge in [-0.05, 0) is 34.5 Å². The second kappa shape index (κ2) is 4.72. The van der Waals surface area contributed by atoms with Crippen LogP contribution in [0, 0.1) is 0 Å². The summed E-state index contributed by atoms with van der Waals surface area (Å²) in [5.41, 5.74) is 5.62. The third-order valence-electron chi connectivity index (χ3n) is 2.98. The van der Waals surface area contributed by atoms with Crippen molar-refractivity contribution < 1.29 is 9.90 Å². The molecule has 1 aromatic rings. The third kappa shape index (κ3) is 2.83. The Morgan fingerprint density at radius 2 is 2.41 bits per heavy atom. The van der Waals surface area contributed by atoms with Gasteiger partial charge in [0.2, 0.25) is 0 Å². The molecule has 0 amide bonds. The molecular weight excluding hydrogens is 286 g/mol. The Bertz CT molecular complexity index is 423. The molecule has 0 saturated carbocycles. The number of carboxylic acid groups (broad SMARTS) is 1. The number of likely N-dealkylation sites (tertiary alicyclic amines) is 1. The zero-order valence-electron chi connectivity index (χ0n) is 9.27. The van der Waals surface area contributed by atoms with Crippen LogP contribution in [-0.2, 0) is 11.3 Å². The average Bonchev–Trinajstić information content (AvgIpc) is 2.65. The summed E-state index contributed by atoms with van der Waals surface area (Å²) in [5, 5.41) is 9.02. The second-order valence-corrected chi connectivity index (χ2v) is 5.31. The number of aliphatic carboxylic acids is 1. The number of hydrogen-bond donors (Lipinski definition) is 2. The largest absolute Gasteiger partial charge is 0.480 e. The van der Waals surface area contributed by atoms with Crippen molar-refractivity contribution in [3.05, 3.63) is 28.5 Å².